The molecule has 90 valence electrons. The van der Waals surface area contributed by atoms with Crippen LogP contribution in [-0.2, 0) is 10.0 Å². The van der Waals surface area contributed by atoms with E-state index in [9.17, 15) is 8.42 Å². The van der Waals surface area contributed by atoms with E-state index in [2.05, 4.69) is 4.72 Å². The van der Waals surface area contributed by atoms with Crippen molar-refractivity contribution in [1.29, 1.82) is 0 Å². The van der Waals surface area contributed by atoms with Crippen molar-refractivity contribution in [1.82, 2.24) is 0 Å². The number of benzene rings is 1. The molecule has 1 aromatic carbocycles. The number of hydrogen-bond donors (Lipinski definition) is 1. The lowest BCUT2D eigenvalue weighted by Gasteiger charge is -2.13. The van der Waals surface area contributed by atoms with Crippen molar-refractivity contribution in [3.8, 4) is 0 Å². The highest BCUT2D eigenvalue weighted by atomic mass is 32.2. The molecule has 0 heterocycles. The molecule has 16 heavy (non-hydrogen) atoms. The molecule has 0 unspecified atom stereocenters. The van der Waals surface area contributed by atoms with Gasteiger partial charge in [0.15, 0.2) is 0 Å². The van der Waals surface area contributed by atoms with Gasteiger partial charge in [-0.3, -0.25) is 4.72 Å². The third-order valence-electron chi connectivity index (χ3n) is 2.06. The van der Waals surface area contributed by atoms with E-state index in [1.54, 1.807) is 31.7 Å². The van der Waals surface area contributed by atoms with Gasteiger partial charge in [-0.1, -0.05) is 19.1 Å². The fourth-order valence-electron chi connectivity index (χ4n) is 1.10. The molecule has 1 aromatic rings. The molecule has 0 bridgehead atoms. The lowest BCUT2D eigenvalue weighted by Crippen LogP contribution is -2.22. The summed E-state index contributed by atoms with van der Waals surface area (Å²) in [6.45, 7) is 5.37. The van der Waals surface area contributed by atoms with Gasteiger partial charge in [-0.05, 0) is 31.7 Å². The Kier molecular flexibility index (Phi) is 4.68. The van der Waals surface area contributed by atoms with Crippen LogP contribution < -0.4 is 4.72 Å². The van der Waals surface area contributed by atoms with Crippen LogP contribution in [0.1, 0.15) is 20.8 Å². The zero-order valence-electron chi connectivity index (χ0n) is 9.73. The van der Waals surface area contributed by atoms with Gasteiger partial charge in [-0.25, -0.2) is 8.42 Å². The van der Waals surface area contributed by atoms with Crippen LogP contribution in [0.5, 0.6) is 0 Å². The first-order valence-electron chi connectivity index (χ1n) is 5.21. The van der Waals surface area contributed by atoms with Crippen LogP contribution in [0.3, 0.4) is 0 Å². The van der Waals surface area contributed by atoms with Crippen LogP contribution in [0, 0.1) is 0 Å². The molecule has 0 spiro atoms. The van der Waals surface area contributed by atoms with Gasteiger partial charge in [0.2, 0.25) is 10.0 Å². The standard InChI is InChI=1S/C11H17NO2S2/c1-4-15-11-8-6-5-7-10(11)12-16(13,14)9(2)3/h5-9,12H,4H2,1-3H3. The number of anilines is 1. The van der Waals surface area contributed by atoms with Gasteiger partial charge >= 0.3 is 0 Å². The van der Waals surface area contributed by atoms with Crippen molar-refractivity contribution in [3.63, 3.8) is 0 Å². The summed E-state index contributed by atoms with van der Waals surface area (Å²) in [5, 5.41) is -0.424. The van der Waals surface area contributed by atoms with Gasteiger partial charge in [0.05, 0.1) is 10.9 Å². The van der Waals surface area contributed by atoms with Crippen molar-refractivity contribution >= 4 is 27.5 Å². The minimum absolute atomic E-state index is 0.424. The highest BCUT2D eigenvalue weighted by molar-refractivity contribution is 7.99. The van der Waals surface area contributed by atoms with Gasteiger partial charge in [0, 0.05) is 4.90 Å². The van der Waals surface area contributed by atoms with E-state index >= 15 is 0 Å². The SMILES string of the molecule is CCSc1ccccc1NS(=O)(=O)C(C)C. The number of thioether (sulfide) groups is 1. The van der Waals surface area contributed by atoms with Crippen LogP contribution in [0.2, 0.25) is 0 Å². The molecule has 1 N–H and O–H groups in total. The Labute approximate surface area is 102 Å². The third kappa shape index (κ3) is 3.42. The second-order valence-electron chi connectivity index (χ2n) is 3.62. The summed E-state index contributed by atoms with van der Waals surface area (Å²) in [7, 11) is -3.26. The molecule has 0 atom stereocenters. The van der Waals surface area contributed by atoms with Crippen molar-refractivity contribution in [2.45, 2.75) is 30.9 Å². The Balaban J connectivity index is 2.97. The Hall–Kier alpha value is -0.680. The molecule has 0 aliphatic rings. The maximum absolute atomic E-state index is 11.7. The summed E-state index contributed by atoms with van der Waals surface area (Å²) in [5.74, 6) is 0.917. The van der Waals surface area contributed by atoms with Crippen LogP contribution in [-0.4, -0.2) is 19.4 Å². The molecule has 0 saturated heterocycles. The first-order chi connectivity index (χ1) is 7.47. The predicted octanol–water partition coefficient (Wildman–Crippen LogP) is 2.95. The highest BCUT2D eigenvalue weighted by Crippen LogP contribution is 2.27. The normalized spacial score (nSPS) is 11.8. The Bertz CT molecular complexity index is 441. The summed E-state index contributed by atoms with van der Waals surface area (Å²) in [6.07, 6.45) is 0. The molecule has 1 rings (SSSR count). The number of para-hydroxylation sites is 1. The van der Waals surface area contributed by atoms with Crippen LogP contribution >= 0.6 is 11.8 Å². The van der Waals surface area contributed by atoms with E-state index in [1.165, 1.54) is 0 Å². The predicted molar refractivity (Wildman–Crippen MR) is 70.5 cm³/mol. The van der Waals surface area contributed by atoms with E-state index in [0.717, 1.165) is 10.6 Å². The molecule has 5 heteroatoms. The lowest BCUT2D eigenvalue weighted by molar-refractivity contribution is 0.592. The number of hydrogen-bond acceptors (Lipinski definition) is 3. The summed E-state index contributed by atoms with van der Waals surface area (Å²) >= 11 is 1.63. The molecule has 0 aliphatic heterocycles. The van der Waals surface area contributed by atoms with Gasteiger partial charge in [0.25, 0.3) is 0 Å². The average Bonchev–Trinajstić information content (AvgIpc) is 2.20. The van der Waals surface area contributed by atoms with Gasteiger partial charge in [-0.2, -0.15) is 0 Å². The van der Waals surface area contributed by atoms with E-state index in [-0.39, 0.29) is 0 Å². The Morgan fingerprint density at radius 3 is 2.50 bits per heavy atom. The van der Waals surface area contributed by atoms with Crippen LogP contribution in [0.15, 0.2) is 29.2 Å². The number of rotatable bonds is 5. The maximum atomic E-state index is 11.7. The number of sulfonamides is 1. The minimum Gasteiger partial charge on any atom is -0.282 e. The molecule has 0 fully saturated rings. The van der Waals surface area contributed by atoms with E-state index in [4.69, 9.17) is 0 Å². The molecule has 3 nitrogen and oxygen atoms in total. The smallest absolute Gasteiger partial charge is 0.235 e. The van der Waals surface area contributed by atoms with Crippen LogP contribution in [0.4, 0.5) is 5.69 Å². The number of nitrogens with one attached hydrogen (secondary N) is 1. The summed E-state index contributed by atoms with van der Waals surface area (Å²) in [5.41, 5.74) is 0.669. The quantitative estimate of drug-likeness (QED) is 0.827. The molecule has 0 aliphatic carbocycles. The molecular formula is C11H17NO2S2. The van der Waals surface area contributed by atoms with Gasteiger partial charge in [-0.15, -0.1) is 11.8 Å². The fourth-order valence-corrected chi connectivity index (χ4v) is 2.65. The highest BCUT2D eigenvalue weighted by Gasteiger charge is 2.16. The minimum atomic E-state index is -3.26. The molecular weight excluding hydrogens is 242 g/mol. The van der Waals surface area contributed by atoms with E-state index in [1.807, 2.05) is 25.1 Å². The molecule has 0 saturated carbocycles. The lowest BCUT2D eigenvalue weighted by atomic mass is 10.3. The monoisotopic (exact) mass is 259 g/mol. The largest absolute Gasteiger partial charge is 0.282 e. The zero-order valence-corrected chi connectivity index (χ0v) is 11.4. The van der Waals surface area contributed by atoms with E-state index in [0.29, 0.717) is 5.69 Å². The Morgan fingerprint density at radius 1 is 1.31 bits per heavy atom. The first-order valence-corrected chi connectivity index (χ1v) is 7.74. The molecule has 0 radical (unpaired) electrons. The molecule has 0 aromatic heterocycles. The third-order valence-corrected chi connectivity index (χ3v) is 4.76. The van der Waals surface area contributed by atoms with Crippen molar-refractivity contribution < 1.29 is 8.42 Å². The van der Waals surface area contributed by atoms with Crippen molar-refractivity contribution in [2.75, 3.05) is 10.5 Å². The maximum Gasteiger partial charge on any atom is 0.235 e. The van der Waals surface area contributed by atoms with E-state index < -0.39 is 15.3 Å². The average molecular weight is 259 g/mol. The summed E-state index contributed by atoms with van der Waals surface area (Å²) < 4.78 is 26.1. The topological polar surface area (TPSA) is 46.2 Å². The molecule has 0 amide bonds. The summed E-state index contributed by atoms with van der Waals surface area (Å²) in [4.78, 5) is 0.967. The second-order valence-corrected chi connectivity index (χ2v) is 7.17. The second kappa shape index (κ2) is 5.59. The van der Waals surface area contributed by atoms with Gasteiger partial charge < -0.3 is 0 Å². The zero-order chi connectivity index (χ0) is 12.2. The van der Waals surface area contributed by atoms with Gasteiger partial charge in [0.1, 0.15) is 0 Å². The summed E-state index contributed by atoms with van der Waals surface area (Å²) in [6, 6.07) is 7.45. The van der Waals surface area contributed by atoms with Crippen LogP contribution in [0.25, 0.3) is 0 Å². The van der Waals surface area contributed by atoms with Crippen molar-refractivity contribution in [2.24, 2.45) is 0 Å². The fraction of sp³-hybridized carbons (Fsp3) is 0.455. The Morgan fingerprint density at radius 2 is 1.94 bits per heavy atom. The first kappa shape index (κ1) is 13.4. The van der Waals surface area contributed by atoms with Crippen molar-refractivity contribution in [3.05, 3.63) is 24.3 Å².